The molecule has 1 heterocycles. The van der Waals surface area contributed by atoms with Crippen molar-refractivity contribution in [2.45, 2.75) is 33.1 Å². The van der Waals surface area contributed by atoms with Crippen molar-refractivity contribution in [2.24, 2.45) is 0 Å². The lowest BCUT2D eigenvalue weighted by atomic mass is 10.1. The van der Waals surface area contributed by atoms with Crippen LogP contribution in [-0.4, -0.2) is 14.9 Å². The Morgan fingerprint density at radius 1 is 0.929 bits per heavy atom. The first-order chi connectivity index (χ1) is 13.6. The molecule has 0 unspecified atom stereocenters. The van der Waals surface area contributed by atoms with E-state index < -0.39 is 4.92 Å². The van der Waals surface area contributed by atoms with Gasteiger partial charge in [-0.05, 0) is 49.6 Å². The van der Waals surface area contributed by atoms with Crippen LogP contribution < -0.4 is 10.6 Å². The summed E-state index contributed by atoms with van der Waals surface area (Å²) >= 11 is 0. The summed E-state index contributed by atoms with van der Waals surface area (Å²) in [6, 6.07) is 15.4. The van der Waals surface area contributed by atoms with Gasteiger partial charge < -0.3 is 10.6 Å². The van der Waals surface area contributed by atoms with Crippen LogP contribution in [-0.2, 0) is 6.42 Å². The number of anilines is 4. The molecule has 0 aliphatic rings. The van der Waals surface area contributed by atoms with Gasteiger partial charge >= 0.3 is 5.69 Å². The molecule has 7 heteroatoms. The molecule has 2 aromatic carbocycles. The number of unbranched alkanes of at least 4 members (excludes halogenated alkanes) is 1. The largest absolute Gasteiger partial charge is 0.353 e. The van der Waals surface area contributed by atoms with Crippen LogP contribution in [0.5, 0.6) is 0 Å². The van der Waals surface area contributed by atoms with E-state index >= 15 is 0 Å². The molecule has 7 nitrogen and oxygen atoms in total. The van der Waals surface area contributed by atoms with Gasteiger partial charge in [0.2, 0.25) is 11.6 Å². The van der Waals surface area contributed by atoms with Crippen molar-refractivity contribution in [3.8, 4) is 0 Å². The number of rotatable bonds is 8. The van der Waals surface area contributed by atoms with E-state index in [1.165, 1.54) is 11.9 Å². The topological polar surface area (TPSA) is 93.0 Å². The molecule has 2 N–H and O–H groups in total. The Kier molecular flexibility index (Phi) is 6.16. The third-order valence-electron chi connectivity index (χ3n) is 4.35. The van der Waals surface area contributed by atoms with E-state index in [4.69, 9.17) is 0 Å². The van der Waals surface area contributed by atoms with E-state index in [1.807, 2.05) is 55.5 Å². The molecule has 0 spiro atoms. The van der Waals surface area contributed by atoms with Crippen LogP contribution in [0.25, 0.3) is 0 Å². The van der Waals surface area contributed by atoms with Gasteiger partial charge in [-0.15, -0.1) is 0 Å². The minimum atomic E-state index is -0.478. The maximum atomic E-state index is 11.7. The zero-order chi connectivity index (χ0) is 19.9. The Hall–Kier alpha value is -3.48. The second-order valence-corrected chi connectivity index (χ2v) is 6.59. The van der Waals surface area contributed by atoms with Crippen LogP contribution in [0.4, 0.5) is 28.7 Å². The molecule has 3 rings (SSSR count). The van der Waals surface area contributed by atoms with E-state index in [1.54, 1.807) is 0 Å². The zero-order valence-electron chi connectivity index (χ0n) is 16.0. The van der Waals surface area contributed by atoms with Gasteiger partial charge in [0.15, 0.2) is 0 Å². The highest BCUT2D eigenvalue weighted by Crippen LogP contribution is 2.33. The highest BCUT2D eigenvalue weighted by molar-refractivity contribution is 5.76. The number of nitro groups is 1. The standard InChI is InChI=1S/C21H23N5O2/c1-3-4-5-16-8-12-18(13-9-16)25-21-19(26(27)28)20(22-14-23-21)24-17-10-6-15(2)7-11-17/h6-14H,3-5H2,1-2H3,(H2,22,23,24,25). The maximum absolute atomic E-state index is 11.7. The van der Waals surface area contributed by atoms with Gasteiger partial charge in [0.1, 0.15) is 6.33 Å². The third kappa shape index (κ3) is 4.82. The Bertz CT molecular complexity index is 940. The summed E-state index contributed by atoms with van der Waals surface area (Å²) < 4.78 is 0. The van der Waals surface area contributed by atoms with Gasteiger partial charge in [-0.1, -0.05) is 43.2 Å². The lowest BCUT2D eigenvalue weighted by Crippen LogP contribution is -2.05. The fourth-order valence-electron chi connectivity index (χ4n) is 2.78. The summed E-state index contributed by atoms with van der Waals surface area (Å²) in [4.78, 5) is 19.4. The fraction of sp³-hybridized carbons (Fsp3) is 0.238. The van der Waals surface area contributed by atoms with Crippen molar-refractivity contribution >= 4 is 28.7 Å². The fourth-order valence-corrected chi connectivity index (χ4v) is 2.78. The quantitative estimate of drug-likeness (QED) is 0.396. The second-order valence-electron chi connectivity index (χ2n) is 6.59. The molecule has 0 atom stereocenters. The number of benzene rings is 2. The van der Waals surface area contributed by atoms with Crippen molar-refractivity contribution in [3.63, 3.8) is 0 Å². The van der Waals surface area contributed by atoms with Gasteiger partial charge in [0.25, 0.3) is 0 Å². The number of nitrogens with one attached hydrogen (secondary N) is 2. The van der Waals surface area contributed by atoms with Crippen molar-refractivity contribution in [1.29, 1.82) is 0 Å². The summed E-state index contributed by atoms with van der Waals surface area (Å²) in [6.07, 6.45) is 4.61. The molecule has 144 valence electrons. The minimum absolute atomic E-state index is 0.144. The number of hydrogen-bond acceptors (Lipinski definition) is 6. The molecule has 0 aliphatic carbocycles. The van der Waals surface area contributed by atoms with Gasteiger partial charge in [-0.2, -0.15) is 0 Å². The highest BCUT2D eigenvalue weighted by Gasteiger charge is 2.23. The van der Waals surface area contributed by atoms with E-state index in [0.717, 1.165) is 36.2 Å². The smallest absolute Gasteiger partial charge is 0.334 e. The Morgan fingerprint density at radius 2 is 1.46 bits per heavy atom. The molecular weight excluding hydrogens is 354 g/mol. The third-order valence-corrected chi connectivity index (χ3v) is 4.35. The number of nitrogens with zero attached hydrogens (tertiary/aromatic N) is 3. The molecule has 0 fully saturated rings. The first-order valence-electron chi connectivity index (χ1n) is 9.26. The molecule has 1 aromatic heterocycles. The van der Waals surface area contributed by atoms with Crippen molar-refractivity contribution < 1.29 is 4.92 Å². The number of aryl methyl sites for hydroxylation is 2. The van der Waals surface area contributed by atoms with Crippen molar-refractivity contribution in [2.75, 3.05) is 10.6 Å². The Balaban J connectivity index is 1.84. The normalized spacial score (nSPS) is 10.5. The van der Waals surface area contributed by atoms with Crippen LogP contribution in [0.15, 0.2) is 54.9 Å². The van der Waals surface area contributed by atoms with E-state index in [2.05, 4.69) is 27.5 Å². The van der Waals surface area contributed by atoms with Gasteiger partial charge in [0.05, 0.1) is 4.92 Å². The predicted molar refractivity (Wildman–Crippen MR) is 111 cm³/mol. The second kappa shape index (κ2) is 8.94. The number of hydrogen-bond donors (Lipinski definition) is 2. The van der Waals surface area contributed by atoms with Gasteiger partial charge in [-0.3, -0.25) is 10.1 Å². The van der Waals surface area contributed by atoms with E-state index in [0.29, 0.717) is 0 Å². The molecular formula is C21H23N5O2. The molecule has 3 aromatic rings. The molecule has 0 bridgehead atoms. The highest BCUT2D eigenvalue weighted by atomic mass is 16.6. The summed E-state index contributed by atoms with van der Waals surface area (Å²) in [5, 5.41) is 17.7. The SMILES string of the molecule is CCCCc1ccc(Nc2ncnc(Nc3ccc(C)cc3)c2[N+](=O)[O-])cc1. The van der Waals surface area contributed by atoms with E-state index in [-0.39, 0.29) is 17.3 Å². The van der Waals surface area contributed by atoms with Crippen LogP contribution in [0, 0.1) is 17.0 Å². The Labute approximate surface area is 164 Å². The van der Waals surface area contributed by atoms with Crippen LogP contribution >= 0.6 is 0 Å². The molecule has 0 amide bonds. The monoisotopic (exact) mass is 377 g/mol. The lowest BCUT2D eigenvalue weighted by Gasteiger charge is -2.11. The predicted octanol–water partition coefficient (Wildman–Crippen LogP) is 5.52. The summed E-state index contributed by atoms with van der Waals surface area (Å²) in [5.41, 5.74) is 3.61. The molecule has 0 saturated carbocycles. The average molecular weight is 377 g/mol. The molecule has 0 saturated heterocycles. The first-order valence-corrected chi connectivity index (χ1v) is 9.26. The van der Waals surface area contributed by atoms with Crippen LogP contribution in [0.1, 0.15) is 30.9 Å². The summed E-state index contributed by atoms with van der Waals surface area (Å²) in [5.74, 6) is 0.293. The van der Waals surface area contributed by atoms with Crippen LogP contribution in [0.3, 0.4) is 0 Å². The zero-order valence-corrected chi connectivity index (χ0v) is 16.0. The minimum Gasteiger partial charge on any atom is -0.334 e. The summed E-state index contributed by atoms with van der Waals surface area (Å²) in [7, 11) is 0. The maximum Gasteiger partial charge on any atom is 0.353 e. The first kappa shape index (κ1) is 19.3. The lowest BCUT2D eigenvalue weighted by molar-refractivity contribution is -0.383. The van der Waals surface area contributed by atoms with Crippen molar-refractivity contribution in [1.82, 2.24) is 9.97 Å². The summed E-state index contributed by atoms with van der Waals surface area (Å²) in [6.45, 7) is 4.14. The van der Waals surface area contributed by atoms with Crippen molar-refractivity contribution in [3.05, 3.63) is 76.1 Å². The number of aromatic nitrogens is 2. The van der Waals surface area contributed by atoms with E-state index in [9.17, 15) is 10.1 Å². The molecule has 28 heavy (non-hydrogen) atoms. The molecule has 0 radical (unpaired) electrons. The van der Waals surface area contributed by atoms with Gasteiger partial charge in [0, 0.05) is 11.4 Å². The average Bonchev–Trinajstić information content (AvgIpc) is 2.69. The Morgan fingerprint density at radius 3 is 1.96 bits per heavy atom. The molecule has 0 aliphatic heterocycles. The van der Waals surface area contributed by atoms with Gasteiger partial charge in [-0.25, -0.2) is 9.97 Å². The van der Waals surface area contributed by atoms with Crippen LogP contribution in [0.2, 0.25) is 0 Å².